The molecule has 0 aliphatic carbocycles. The van der Waals surface area contributed by atoms with E-state index in [0.29, 0.717) is 11.3 Å². The van der Waals surface area contributed by atoms with Crippen LogP contribution in [0.2, 0.25) is 0 Å². The van der Waals surface area contributed by atoms with Gasteiger partial charge in [-0.05, 0) is 49.8 Å². The van der Waals surface area contributed by atoms with Crippen LogP contribution in [-0.2, 0) is 0 Å². The zero-order valence-electron chi connectivity index (χ0n) is 14.5. The van der Waals surface area contributed by atoms with Crippen molar-refractivity contribution in [1.29, 1.82) is 0 Å². The van der Waals surface area contributed by atoms with Gasteiger partial charge in [0.15, 0.2) is 5.11 Å². The van der Waals surface area contributed by atoms with Crippen LogP contribution >= 0.6 is 12.2 Å². The van der Waals surface area contributed by atoms with E-state index in [1.807, 2.05) is 24.3 Å². The summed E-state index contributed by atoms with van der Waals surface area (Å²) in [7, 11) is 0. The number of carbonyl (C=O) groups is 1. The zero-order chi connectivity index (χ0) is 18.1. The Balaban J connectivity index is 0.00000338. The Hall–Kier alpha value is -2.41. The van der Waals surface area contributed by atoms with E-state index in [0.717, 1.165) is 24.5 Å². The standard InChI is InChI=1S/C18H23N3O3S.2H2/c1-3-4-5-6-11-23-15-9-7-14(8-10-15)19-18(25)20-17(22)16-12-24-21-13(16)2;;/h7-10,12H,3-6,11H2,1-2H3,(H2,19,20,22,25);2*1H. The predicted molar refractivity (Wildman–Crippen MR) is 105 cm³/mol. The second-order valence-electron chi connectivity index (χ2n) is 5.66. The molecule has 0 saturated carbocycles. The zero-order valence-corrected chi connectivity index (χ0v) is 15.3. The number of ether oxygens (including phenoxy) is 1. The molecule has 1 aromatic carbocycles. The largest absolute Gasteiger partial charge is 0.494 e. The summed E-state index contributed by atoms with van der Waals surface area (Å²) in [6.45, 7) is 4.60. The maximum absolute atomic E-state index is 12.0. The first kappa shape index (κ1) is 18.9. The minimum Gasteiger partial charge on any atom is -0.494 e. The topological polar surface area (TPSA) is 76.4 Å². The van der Waals surface area contributed by atoms with Crippen LogP contribution in [0.25, 0.3) is 0 Å². The Bertz CT molecular complexity index is 708. The minimum atomic E-state index is -0.358. The summed E-state index contributed by atoms with van der Waals surface area (Å²) in [4.78, 5) is 12.0. The lowest BCUT2D eigenvalue weighted by atomic mass is 10.2. The normalized spacial score (nSPS) is 10.3. The number of thiocarbonyl (C=S) groups is 1. The molecule has 138 valence electrons. The number of benzene rings is 1. The van der Waals surface area contributed by atoms with E-state index in [1.54, 1.807) is 6.92 Å². The van der Waals surface area contributed by atoms with Crippen LogP contribution in [-0.4, -0.2) is 22.8 Å². The lowest BCUT2D eigenvalue weighted by molar-refractivity contribution is 0.0976. The molecule has 0 aliphatic rings. The van der Waals surface area contributed by atoms with Crippen LogP contribution in [0.4, 0.5) is 5.69 Å². The lowest BCUT2D eigenvalue weighted by Crippen LogP contribution is -2.34. The summed E-state index contributed by atoms with van der Waals surface area (Å²) in [5, 5.41) is 9.42. The van der Waals surface area contributed by atoms with E-state index in [2.05, 4.69) is 22.7 Å². The van der Waals surface area contributed by atoms with Gasteiger partial charge in [-0.1, -0.05) is 31.3 Å². The van der Waals surface area contributed by atoms with Crippen molar-refractivity contribution in [3.63, 3.8) is 0 Å². The van der Waals surface area contributed by atoms with Crippen LogP contribution in [0, 0.1) is 6.92 Å². The predicted octanol–water partition coefficient (Wildman–Crippen LogP) is 4.56. The monoisotopic (exact) mass is 365 g/mol. The summed E-state index contributed by atoms with van der Waals surface area (Å²) < 4.78 is 10.4. The Kier molecular flexibility index (Phi) is 7.40. The fourth-order valence-corrected chi connectivity index (χ4v) is 2.41. The van der Waals surface area contributed by atoms with Gasteiger partial charge in [-0.25, -0.2) is 0 Å². The van der Waals surface area contributed by atoms with Crippen molar-refractivity contribution in [3.05, 3.63) is 41.8 Å². The number of nitrogens with zero attached hydrogens (tertiary/aromatic N) is 1. The van der Waals surface area contributed by atoms with Gasteiger partial charge in [-0.3, -0.25) is 10.1 Å². The first-order valence-electron chi connectivity index (χ1n) is 8.36. The molecule has 0 unspecified atom stereocenters. The molecule has 2 rings (SSSR count). The Morgan fingerprint density at radius 3 is 2.68 bits per heavy atom. The van der Waals surface area contributed by atoms with Crippen LogP contribution in [0.1, 0.15) is 51.5 Å². The Morgan fingerprint density at radius 2 is 2.04 bits per heavy atom. The van der Waals surface area contributed by atoms with Crippen molar-refractivity contribution in [2.45, 2.75) is 39.5 Å². The molecule has 7 heteroatoms. The van der Waals surface area contributed by atoms with Crippen LogP contribution < -0.4 is 15.4 Å². The van der Waals surface area contributed by atoms with Crippen LogP contribution in [0.3, 0.4) is 0 Å². The molecular formula is C18H27N3O3S. The Labute approximate surface area is 155 Å². The number of aryl methyl sites for hydroxylation is 1. The second kappa shape index (κ2) is 9.78. The van der Waals surface area contributed by atoms with Crippen molar-refractivity contribution < 1.29 is 16.9 Å². The first-order valence-corrected chi connectivity index (χ1v) is 8.77. The SMILES string of the molecule is CCCCCCOc1ccc(NC(=S)NC(=O)c2conc2C)cc1.[HH].[HH]. The van der Waals surface area contributed by atoms with E-state index < -0.39 is 0 Å². The summed E-state index contributed by atoms with van der Waals surface area (Å²) in [5.41, 5.74) is 1.64. The number of hydrogen-bond acceptors (Lipinski definition) is 5. The van der Waals surface area contributed by atoms with Gasteiger partial charge in [0.2, 0.25) is 0 Å². The van der Waals surface area contributed by atoms with Crippen molar-refractivity contribution in [2.24, 2.45) is 0 Å². The molecule has 0 spiro atoms. The van der Waals surface area contributed by atoms with Gasteiger partial charge in [0, 0.05) is 8.54 Å². The molecule has 2 N–H and O–H groups in total. The third-order valence-corrected chi connectivity index (χ3v) is 3.80. The number of anilines is 1. The summed E-state index contributed by atoms with van der Waals surface area (Å²) in [6, 6.07) is 7.45. The third-order valence-electron chi connectivity index (χ3n) is 3.60. The number of amides is 1. The van der Waals surface area contributed by atoms with E-state index in [1.165, 1.54) is 25.5 Å². The van der Waals surface area contributed by atoms with Crippen molar-refractivity contribution in [1.82, 2.24) is 10.5 Å². The molecule has 1 amide bonds. The molecule has 0 aliphatic heterocycles. The highest BCUT2D eigenvalue weighted by Gasteiger charge is 2.13. The molecule has 1 aromatic heterocycles. The molecule has 0 saturated heterocycles. The van der Waals surface area contributed by atoms with E-state index in [4.69, 9.17) is 21.5 Å². The van der Waals surface area contributed by atoms with Gasteiger partial charge in [0.1, 0.15) is 17.6 Å². The van der Waals surface area contributed by atoms with Gasteiger partial charge in [-0.15, -0.1) is 0 Å². The van der Waals surface area contributed by atoms with Gasteiger partial charge < -0.3 is 14.6 Å². The highest BCUT2D eigenvalue weighted by molar-refractivity contribution is 7.80. The van der Waals surface area contributed by atoms with Crippen molar-refractivity contribution in [2.75, 3.05) is 11.9 Å². The average Bonchev–Trinajstić information content (AvgIpc) is 3.02. The average molecular weight is 365 g/mol. The molecule has 0 atom stereocenters. The second-order valence-corrected chi connectivity index (χ2v) is 6.06. The fraction of sp³-hybridized carbons (Fsp3) is 0.389. The van der Waals surface area contributed by atoms with Gasteiger partial charge in [0.05, 0.1) is 12.3 Å². The van der Waals surface area contributed by atoms with Gasteiger partial charge >= 0.3 is 0 Å². The first-order chi connectivity index (χ1) is 12.1. The number of carbonyl (C=O) groups excluding carboxylic acids is 1. The summed E-state index contributed by atoms with van der Waals surface area (Å²) in [6.07, 6.45) is 6.00. The molecule has 2 aromatic rings. The number of unbranched alkanes of at least 4 members (excludes halogenated alkanes) is 3. The number of rotatable bonds is 8. The Morgan fingerprint density at radius 1 is 1.28 bits per heavy atom. The van der Waals surface area contributed by atoms with Crippen molar-refractivity contribution >= 4 is 28.9 Å². The van der Waals surface area contributed by atoms with E-state index >= 15 is 0 Å². The van der Waals surface area contributed by atoms with Crippen molar-refractivity contribution in [3.8, 4) is 5.75 Å². The quantitative estimate of drug-likeness (QED) is 0.527. The highest BCUT2D eigenvalue weighted by atomic mass is 32.1. The molecular weight excluding hydrogens is 338 g/mol. The molecule has 0 bridgehead atoms. The fourth-order valence-electron chi connectivity index (χ4n) is 2.20. The van der Waals surface area contributed by atoms with E-state index in [-0.39, 0.29) is 13.9 Å². The van der Waals surface area contributed by atoms with Gasteiger partial charge in [-0.2, -0.15) is 0 Å². The van der Waals surface area contributed by atoms with Gasteiger partial charge in [0.25, 0.3) is 5.91 Å². The molecule has 1 heterocycles. The summed E-state index contributed by atoms with van der Waals surface area (Å²) >= 11 is 5.15. The lowest BCUT2D eigenvalue weighted by Gasteiger charge is -2.10. The number of hydrogen-bond donors (Lipinski definition) is 2. The third kappa shape index (κ3) is 6.19. The smallest absolute Gasteiger partial charge is 0.262 e. The maximum Gasteiger partial charge on any atom is 0.262 e. The number of aromatic nitrogens is 1. The molecule has 0 fully saturated rings. The highest BCUT2D eigenvalue weighted by Crippen LogP contribution is 2.16. The summed E-state index contributed by atoms with van der Waals surface area (Å²) in [5.74, 6) is 0.459. The van der Waals surface area contributed by atoms with Crippen LogP contribution in [0.5, 0.6) is 5.75 Å². The minimum absolute atomic E-state index is 0. The molecule has 6 nitrogen and oxygen atoms in total. The van der Waals surface area contributed by atoms with Crippen LogP contribution in [0.15, 0.2) is 35.1 Å². The molecule has 25 heavy (non-hydrogen) atoms. The maximum atomic E-state index is 12.0. The van der Waals surface area contributed by atoms with E-state index in [9.17, 15) is 4.79 Å². The molecule has 0 radical (unpaired) electrons. The number of nitrogens with one attached hydrogen (secondary N) is 2.